The minimum absolute atomic E-state index is 0.000402. The Hall–Kier alpha value is -1.60. The normalized spacial score (nSPS) is 12.2. The lowest BCUT2D eigenvalue weighted by Crippen LogP contribution is -2.44. The molecule has 0 atom stereocenters. The van der Waals surface area contributed by atoms with Gasteiger partial charge in [-0.1, -0.05) is 0 Å². The standard InChI is InChI=1S/C12H18N2O4S/c1-12(2,3)14(8-11(15)16)9-4-6-10(7-5-9)19(13,17)18/h4-7H,8H2,1-3H3,(H,15,16)(H2,13,17,18). The van der Waals surface area contributed by atoms with E-state index in [0.717, 1.165) is 0 Å². The van der Waals surface area contributed by atoms with E-state index in [4.69, 9.17) is 10.2 Å². The molecule has 0 saturated carbocycles. The summed E-state index contributed by atoms with van der Waals surface area (Å²) in [4.78, 5) is 12.6. The van der Waals surface area contributed by atoms with Crippen LogP contribution < -0.4 is 10.0 Å². The van der Waals surface area contributed by atoms with Crippen molar-refractivity contribution >= 4 is 21.7 Å². The number of sulfonamides is 1. The maximum atomic E-state index is 11.2. The van der Waals surface area contributed by atoms with E-state index in [1.807, 2.05) is 20.8 Å². The molecule has 0 aliphatic heterocycles. The summed E-state index contributed by atoms with van der Waals surface area (Å²) in [7, 11) is -3.74. The number of carboxylic acids is 1. The number of nitrogens with zero attached hydrogens (tertiary/aromatic N) is 1. The van der Waals surface area contributed by atoms with Gasteiger partial charge in [0.15, 0.2) is 0 Å². The molecule has 0 heterocycles. The van der Waals surface area contributed by atoms with Gasteiger partial charge in [0.1, 0.15) is 6.54 Å². The average molecular weight is 286 g/mol. The summed E-state index contributed by atoms with van der Waals surface area (Å²) in [5.74, 6) is -0.953. The highest BCUT2D eigenvalue weighted by Gasteiger charge is 2.24. The number of carboxylic acid groups (broad SMARTS) is 1. The quantitative estimate of drug-likeness (QED) is 0.860. The number of nitrogens with two attached hydrogens (primary N) is 1. The molecule has 1 aromatic rings. The predicted octanol–water partition coefficient (Wildman–Crippen LogP) is 1.02. The zero-order valence-corrected chi connectivity index (χ0v) is 11.9. The van der Waals surface area contributed by atoms with Gasteiger partial charge in [0.25, 0.3) is 0 Å². The smallest absolute Gasteiger partial charge is 0.323 e. The van der Waals surface area contributed by atoms with Gasteiger partial charge in [-0.25, -0.2) is 13.6 Å². The number of aliphatic carboxylic acids is 1. The highest BCUT2D eigenvalue weighted by Crippen LogP contribution is 2.24. The summed E-state index contributed by atoms with van der Waals surface area (Å²) in [6, 6.07) is 5.83. The van der Waals surface area contributed by atoms with Crippen LogP contribution in [-0.4, -0.2) is 31.6 Å². The van der Waals surface area contributed by atoms with E-state index in [-0.39, 0.29) is 11.4 Å². The molecule has 19 heavy (non-hydrogen) atoms. The summed E-state index contributed by atoms with van der Waals surface area (Å²) < 4.78 is 22.3. The first-order valence-electron chi connectivity index (χ1n) is 5.64. The monoisotopic (exact) mass is 286 g/mol. The van der Waals surface area contributed by atoms with Crippen LogP contribution >= 0.6 is 0 Å². The summed E-state index contributed by atoms with van der Waals surface area (Å²) in [5.41, 5.74) is 0.226. The Labute approximate surface area is 112 Å². The number of primary sulfonamides is 1. The van der Waals surface area contributed by atoms with Crippen molar-refractivity contribution in [2.45, 2.75) is 31.2 Å². The SMILES string of the molecule is CC(C)(C)N(CC(=O)O)c1ccc(S(N)(=O)=O)cc1. The van der Waals surface area contributed by atoms with E-state index >= 15 is 0 Å². The molecule has 0 fully saturated rings. The van der Waals surface area contributed by atoms with Crippen LogP contribution in [0.2, 0.25) is 0 Å². The van der Waals surface area contributed by atoms with E-state index in [1.165, 1.54) is 12.1 Å². The molecule has 0 aliphatic carbocycles. The highest BCUT2D eigenvalue weighted by atomic mass is 32.2. The van der Waals surface area contributed by atoms with Gasteiger partial charge in [0, 0.05) is 11.2 Å². The third-order valence-electron chi connectivity index (χ3n) is 2.58. The van der Waals surface area contributed by atoms with Gasteiger partial charge in [-0.2, -0.15) is 0 Å². The van der Waals surface area contributed by atoms with Gasteiger partial charge in [-0.3, -0.25) is 4.79 Å². The number of anilines is 1. The maximum absolute atomic E-state index is 11.2. The molecule has 0 radical (unpaired) electrons. The Bertz CT molecular complexity index is 558. The van der Waals surface area contributed by atoms with E-state index in [0.29, 0.717) is 5.69 Å². The van der Waals surface area contributed by atoms with Crippen LogP contribution in [0.4, 0.5) is 5.69 Å². The van der Waals surface area contributed by atoms with E-state index < -0.39 is 21.5 Å². The first-order valence-corrected chi connectivity index (χ1v) is 7.19. The molecule has 3 N–H and O–H groups in total. The van der Waals surface area contributed by atoms with Crippen LogP contribution in [0, 0.1) is 0 Å². The van der Waals surface area contributed by atoms with E-state index in [9.17, 15) is 13.2 Å². The number of hydrogen-bond acceptors (Lipinski definition) is 4. The molecule has 0 amide bonds. The van der Waals surface area contributed by atoms with E-state index in [1.54, 1.807) is 17.0 Å². The molecule has 1 aromatic carbocycles. The third kappa shape index (κ3) is 4.22. The predicted molar refractivity (Wildman–Crippen MR) is 72.6 cm³/mol. The van der Waals surface area contributed by atoms with Crippen molar-refractivity contribution in [2.75, 3.05) is 11.4 Å². The van der Waals surface area contributed by atoms with Gasteiger partial charge in [-0.15, -0.1) is 0 Å². The van der Waals surface area contributed by atoms with Crippen molar-refractivity contribution < 1.29 is 18.3 Å². The molecule has 0 aromatic heterocycles. The van der Waals surface area contributed by atoms with Crippen LogP contribution in [0.15, 0.2) is 29.2 Å². The maximum Gasteiger partial charge on any atom is 0.323 e. The summed E-state index contributed by atoms with van der Waals surface area (Å²) in [5, 5.41) is 13.9. The van der Waals surface area contributed by atoms with Crippen LogP contribution in [0.5, 0.6) is 0 Å². The second-order valence-corrected chi connectivity index (χ2v) is 6.75. The number of benzene rings is 1. The summed E-state index contributed by atoms with van der Waals surface area (Å²) >= 11 is 0. The molecule has 0 saturated heterocycles. The molecule has 7 heteroatoms. The Kier molecular flexibility index (Phi) is 4.21. The van der Waals surface area contributed by atoms with Gasteiger partial charge in [0.05, 0.1) is 4.90 Å². The Balaban J connectivity index is 3.15. The van der Waals surface area contributed by atoms with Crippen molar-refractivity contribution in [3.63, 3.8) is 0 Å². The van der Waals surface area contributed by atoms with Crippen LogP contribution in [0.25, 0.3) is 0 Å². The summed E-state index contributed by atoms with van der Waals surface area (Å²) in [6.07, 6.45) is 0. The van der Waals surface area contributed by atoms with Crippen molar-refractivity contribution in [3.8, 4) is 0 Å². The van der Waals surface area contributed by atoms with Gasteiger partial charge in [-0.05, 0) is 45.0 Å². The fourth-order valence-electron chi connectivity index (χ4n) is 1.67. The van der Waals surface area contributed by atoms with E-state index in [2.05, 4.69) is 0 Å². The lowest BCUT2D eigenvalue weighted by Gasteiger charge is -2.36. The Morgan fingerprint density at radius 1 is 1.26 bits per heavy atom. The van der Waals surface area contributed by atoms with Crippen molar-refractivity contribution in [1.82, 2.24) is 0 Å². The molecule has 1 rings (SSSR count). The van der Waals surface area contributed by atoms with Gasteiger partial charge in [0.2, 0.25) is 10.0 Å². The zero-order valence-electron chi connectivity index (χ0n) is 11.1. The largest absolute Gasteiger partial charge is 0.480 e. The number of hydrogen-bond donors (Lipinski definition) is 2. The molecular weight excluding hydrogens is 268 g/mol. The van der Waals surface area contributed by atoms with Gasteiger partial charge >= 0.3 is 5.97 Å². The fraction of sp³-hybridized carbons (Fsp3) is 0.417. The minimum atomic E-state index is -3.74. The van der Waals surface area contributed by atoms with Crippen molar-refractivity contribution in [3.05, 3.63) is 24.3 Å². The molecule has 0 bridgehead atoms. The lowest BCUT2D eigenvalue weighted by atomic mass is 10.0. The molecule has 106 valence electrons. The molecule has 6 nitrogen and oxygen atoms in total. The summed E-state index contributed by atoms with van der Waals surface area (Å²) in [6.45, 7) is 5.47. The molecule has 0 spiro atoms. The zero-order chi connectivity index (χ0) is 14.8. The molecule has 0 unspecified atom stereocenters. The highest BCUT2D eigenvalue weighted by molar-refractivity contribution is 7.89. The third-order valence-corrected chi connectivity index (χ3v) is 3.51. The molecule has 0 aliphatic rings. The van der Waals surface area contributed by atoms with Crippen LogP contribution in [0.3, 0.4) is 0 Å². The van der Waals surface area contributed by atoms with Crippen LogP contribution in [0.1, 0.15) is 20.8 Å². The number of rotatable bonds is 4. The first-order chi connectivity index (χ1) is 8.51. The fourth-order valence-corrected chi connectivity index (χ4v) is 2.18. The Morgan fingerprint density at radius 3 is 2.05 bits per heavy atom. The molecular formula is C12H18N2O4S. The van der Waals surface area contributed by atoms with Crippen LogP contribution in [-0.2, 0) is 14.8 Å². The van der Waals surface area contributed by atoms with Crippen molar-refractivity contribution in [1.29, 1.82) is 0 Å². The number of carbonyl (C=O) groups is 1. The second-order valence-electron chi connectivity index (χ2n) is 5.19. The first kappa shape index (κ1) is 15.5. The average Bonchev–Trinajstić information content (AvgIpc) is 2.23. The minimum Gasteiger partial charge on any atom is -0.480 e. The van der Waals surface area contributed by atoms with Gasteiger partial charge < -0.3 is 10.0 Å². The van der Waals surface area contributed by atoms with Crippen molar-refractivity contribution in [2.24, 2.45) is 5.14 Å². The lowest BCUT2D eigenvalue weighted by molar-refractivity contribution is -0.135. The second kappa shape index (κ2) is 5.18. The topological polar surface area (TPSA) is 101 Å². The Morgan fingerprint density at radius 2 is 1.74 bits per heavy atom.